The summed E-state index contributed by atoms with van der Waals surface area (Å²) in [4.78, 5) is 42.4. The lowest BCUT2D eigenvalue weighted by atomic mass is 9.81. The third-order valence-corrected chi connectivity index (χ3v) is 7.13. The van der Waals surface area contributed by atoms with Gasteiger partial charge in [0.1, 0.15) is 5.54 Å². The number of esters is 2. The second-order valence-corrected chi connectivity index (χ2v) is 8.46. The fourth-order valence-corrected chi connectivity index (χ4v) is 6.35. The van der Waals surface area contributed by atoms with Crippen LogP contribution in [0.4, 0.5) is 0 Å². The van der Waals surface area contributed by atoms with Crippen LogP contribution in [0.1, 0.15) is 29.8 Å². The molecule has 0 saturated carbocycles. The van der Waals surface area contributed by atoms with Gasteiger partial charge < -0.3 is 9.47 Å². The first-order valence-electron chi connectivity index (χ1n) is 10.1. The van der Waals surface area contributed by atoms with E-state index in [1.54, 1.807) is 31.7 Å². The highest BCUT2D eigenvalue weighted by molar-refractivity contribution is 7.99. The molecule has 2 aliphatic heterocycles. The van der Waals surface area contributed by atoms with Crippen molar-refractivity contribution in [3.8, 4) is 0 Å². The van der Waals surface area contributed by atoms with Crippen molar-refractivity contribution >= 4 is 40.3 Å². The molecular weight excluding hydrogens is 402 g/mol. The van der Waals surface area contributed by atoms with Gasteiger partial charge in [0.2, 0.25) is 0 Å². The molecule has 30 heavy (non-hydrogen) atoms. The molecule has 2 unspecified atom stereocenters. The van der Waals surface area contributed by atoms with Gasteiger partial charge in [-0.2, -0.15) is 0 Å². The summed E-state index contributed by atoms with van der Waals surface area (Å²) in [6, 6.07) is 11.0. The van der Waals surface area contributed by atoms with E-state index >= 15 is 0 Å². The monoisotopic (exact) mass is 423 g/mol. The summed E-state index contributed by atoms with van der Waals surface area (Å²) in [6.07, 6.45) is 0. The molecule has 1 saturated heterocycles. The Labute approximate surface area is 178 Å². The van der Waals surface area contributed by atoms with Crippen LogP contribution in [0.15, 0.2) is 47.5 Å². The molecule has 6 nitrogen and oxygen atoms in total. The van der Waals surface area contributed by atoms with Crippen LogP contribution >= 0.6 is 11.8 Å². The Kier molecular flexibility index (Phi) is 4.48. The SMILES string of the molecule is CCOC(=O)C1=C(C(=O)OCC)C2(C(=O)c3cccc4cccc2c34)N2CSCC12. The number of carbonyl (C=O) groups is 3. The van der Waals surface area contributed by atoms with Gasteiger partial charge in [0.05, 0.1) is 30.4 Å². The quantitative estimate of drug-likeness (QED) is 0.700. The molecule has 2 aromatic rings. The minimum absolute atomic E-state index is 0.127. The van der Waals surface area contributed by atoms with Crippen LogP contribution in [0, 0.1) is 0 Å². The number of benzene rings is 2. The van der Waals surface area contributed by atoms with Gasteiger partial charge in [0.15, 0.2) is 5.78 Å². The Balaban J connectivity index is 1.86. The smallest absolute Gasteiger partial charge is 0.337 e. The number of fused-ring (bicyclic) bond motifs is 3. The van der Waals surface area contributed by atoms with E-state index in [1.807, 2.05) is 35.2 Å². The maximum absolute atomic E-state index is 14.0. The van der Waals surface area contributed by atoms with Crippen LogP contribution < -0.4 is 0 Å². The summed E-state index contributed by atoms with van der Waals surface area (Å²) in [5, 5.41) is 1.78. The molecule has 7 heteroatoms. The molecule has 0 aromatic heterocycles. The number of hydrogen-bond donors (Lipinski definition) is 0. The molecule has 0 amide bonds. The maximum Gasteiger partial charge on any atom is 0.337 e. The number of ether oxygens (including phenoxy) is 2. The summed E-state index contributed by atoms with van der Waals surface area (Å²) >= 11 is 1.64. The number of carbonyl (C=O) groups excluding carboxylic acids is 3. The highest BCUT2D eigenvalue weighted by atomic mass is 32.2. The van der Waals surface area contributed by atoms with Crippen molar-refractivity contribution in [1.82, 2.24) is 4.90 Å². The Bertz CT molecular complexity index is 1130. The Morgan fingerprint density at radius 3 is 2.53 bits per heavy atom. The highest BCUT2D eigenvalue weighted by Gasteiger charge is 2.65. The van der Waals surface area contributed by atoms with Gasteiger partial charge in [-0.05, 0) is 30.2 Å². The molecule has 1 fully saturated rings. The topological polar surface area (TPSA) is 72.9 Å². The number of hydrogen-bond acceptors (Lipinski definition) is 7. The number of ketones is 1. The van der Waals surface area contributed by atoms with Gasteiger partial charge in [0, 0.05) is 17.2 Å². The third kappa shape index (κ3) is 2.27. The normalized spacial score (nSPS) is 24.7. The lowest BCUT2D eigenvalue weighted by Crippen LogP contribution is -2.50. The number of thioether (sulfide) groups is 1. The summed E-state index contributed by atoms with van der Waals surface area (Å²) in [6.45, 7) is 3.78. The number of nitrogens with zero attached hydrogens (tertiary/aromatic N) is 1. The molecule has 0 N–H and O–H groups in total. The van der Waals surface area contributed by atoms with Crippen LogP contribution in [0.25, 0.3) is 10.8 Å². The molecule has 1 aliphatic carbocycles. The van der Waals surface area contributed by atoms with Crippen LogP contribution in [-0.4, -0.2) is 53.5 Å². The zero-order valence-corrected chi connectivity index (χ0v) is 17.6. The van der Waals surface area contributed by atoms with Gasteiger partial charge in [-0.15, -0.1) is 11.8 Å². The van der Waals surface area contributed by atoms with E-state index in [0.29, 0.717) is 17.2 Å². The molecule has 3 aliphatic rings. The van der Waals surface area contributed by atoms with Crippen molar-refractivity contribution in [2.45, 2.75) is 25.4 Å². The van der Waals surface area contributed by atoms with E-state index < -0.39 is 17.5 Å². The van der Waals surface area contributed by atoms with E-state index in [-0.39, 0.29) is 36.2 Å². The Hall–Kier alpha value is -2.64. The van der Waals surface area contributed by atoms with Crippen LogP contribution in [0.2, 0.25) is 0 Å². The van der Waals surface area contributed by atoms with Crippen LogP contribution in [-0.2, 0) is 24.6 Å². The standard InChI is InChI=1S/C23H21NO5S/c1-3-28-21(26)18-16-11-30-12-24(16)23(19(18)22(27)29-4-2)15-10-6-8-13-7-5-9-14(17(13)15)20(23)25/h5-10,16H,3-4,11-12H2,1-2H3. The Morgan fingerprint density at radius 1 is 1.10 bits per heavy atom. The average molecular weight is 423 g/mol. The number of Topliss-reactive ketones (excluding diaryl/α,β-unsaturated/α-hetero) is 1. The predicted molar refractivity (Wildman–Crippen MR) is 113 cm³/mol. The van der Waals surface area contributed by atoms with Crippen molar-refractivity contribution < 1.29 is 23.9 Å². The minimum Gasteiger partial charge on any atom is -0.463 e. The highest BCUT2D eigenvalue weighted by Crippen LogP contribution is 2.57. The van der Waals surface area contributed by atoms with Crippen molar-refractivity contribution in [3.05, 3.63) is 58.7 Å². The van der Waals surface area contributed by atoms with Gasteiger partial charge in [0.25, 0.3) is 0 Å². The number of rotatable bonds is 4. The molecule has 0 bridgehead atoms. The zero-order chi connectivity index (χ0) is 21.0. The largest absolute Gasteiger partial charge is 0.463 e. The van der Waals surface area contributed by atoms with E-state index in [2.05, 4.69) is 0 Å². The van der Waals surface area contributed by atoms with E-state index in [4.69, 9.17) is 9.47 Å². The first-order chi connectivity index (χ1) is 14.6. The molecule has 2 heterocycles. The van der Waals surface area contributed by atoms with E-state index in [0.717, 1.165) is 16.3 Å². The molecule has 1 spiro atoms. The molecular formula is C23H21NO5S. The first-order valence-corrected chi connectivity index (χ1v) is 11.2. The van der Waals surface area contributed by atoms with Gasteiger partial charge in [-0.1, -0.05) is 36.4 Å². The summed E-state index contributed by atoms with van der Waals surface area (Å²) < 4.78 is 10.7. The molecule has 2 atom stereocenters. The van der Waals surface area contributed by atoms with Gasteiger partial charge in [-0.3, -0.25) is 9.69 Å². The summed E-state index contributed by atoms with van der Waals surface area (Å²) in [7, 11) is 0. The van der Waals surface area contributed by atoms with E-state index in [1.165, 1.54) is 0 Å². The van der Waals surface area contributed by atoms with E-state index in [9.17, 15) is 14.4 Å². The summed E-state index contributed by atoms with van der Waals surface area (Å²) in [5.41, 5.74) is 0.354. The van der Waals surface area contributed by atoms with Crippen molar-refractivity contribution in [2.24, 2.45) is 0 Å². The third-order valence-electron chi connectivity index (χ3n) is 6.12. The minimum atomic E-state index is -1.36. The zero-order valence-electron chi connectivity index (χ0n) is 16.8. The molecule has 5 rings (SSSR count). The van der Waals surface area contributed by atoms with Crippen LogP contribution in [0.5, 0.6) is 0 Å². The molecule has 2 aromatic carbocycles. The lowest BCUT2D eigenvalue weighted by molar-refractivity contribution is -0.142. The fourth-order valence-electron chi connectivity index (χ4n) is 5.11. The lowest BCUT2D eigenvalue weighted by Gasteiger charge is -2.35. The second-order valence-electron chi connectivity index (χ2n) is 7.46. The van der Waals surface area contributed by atoms with Crippen LogP contribution in [0.3, 0.4) is 0 Å². The molecule has 0 radical (unpaired) electrons. The Morgan fingerprint density at radius 2 is 1.80 bits per heavy atom. The first kappa shape index (κ1) is 19.3. The maximum atomic E-state index is 14.0. The fraction of sp³-hybridized carbons (Fsp3) is 0.348. The predicted octanol–water partition coefficient (Wildman–Crippen LogP) is 3.04. The van der Waals surface area contributed by atoms with Crippen molar-refractivity contribution in [1.29, 1.82) is 0 Å². The second kappa shape index (κ2) is 6.96. The molecule has 154 valence electrons. The van der Waals surface area contributed by atoms with Crippen molar-refractivity contribution in [2.75, 3.05) is 24.8 Å². The van der Waals surface area contributed by atoms with Gasteiger partial charge >= 0.3 is 11.9 Å². The van der Waals surface area contributed by atoms with Gasteiger partial charge in [-0.25, -0.2) is 9.59 Å². The summed E-state index contributed by atoms with van der Waals surface area (Å²) in [5.74, 6) is -0.210. The van der Waals surface area contributed by atoms with Crippen molar-refractivity contribution in [3.63, 3.8) is 0 Å². The average Bonchev–Trinajstić information content (AvgIpc) is 3.38.